The van der Waals surface area contributed by atoms with Crippen LogP contribution >= 0.6 is 23.2 Å². The Labute approximate surface area is 154 Å². The van der Waals surface area contributed by atoms with Gasteiger partial charge in [-0.15, -0.1) is 0 Å². The second-order valence-electron chi connectivity index (χ2n) is 5.22. The molecule has 0 aliphatic rings. The molecule has 126 valence electrons. The standard InChI is InChI=1S/C18H14Cl2N4O/c1-12-15(17(20)24(23-12)13-7-3-2-4-8-13)11-21-22-18(25)14-9-5-6-10-16(14)19/h2-11H,1H3,(H,22,25)/b21-11+. The number of carbonyl (C=O) groups excluding carboxylic acids is 1. The molecule has 7 heteroatoms. The molecule has 3 rings (SSSR count). The molecule has 0 saturated carbocycles. The summed E-state index contributed by atoms with van der Waals surface area (Å²) in [6, 6.07) is 16.3. The van der Waals surface area contributed by atoms with Gasteiger partial charge in [0.25, 0.3) is 5.91 Å². The summed E-state index contributed by atoms with van der Waals surface area (Å²) in [6.45, 7) is 1.82. The van der Waals surface area contributed by atoms with Crippen molar-refractivity contribution >= 4 is 35.3 Å². The molecule has 1 heterocycles. The number of aryl methyl sites for hydroxylation is 1. The number of carbonyl (C=O) groups is 1. The van der Waals surface area contributed by atoms with E-state index < -0.39 is 5.91 Å². The van der Waals surface area contributed by atoms with Gasteiger partial charge in [0.15, 0.2) is 0 Å². The summed E-state index contributed by atoms with van der Waals surface area (Å²) < 4.78 is 1.62. The molecule has 0 fully saturated rings. The molecular formula is C18H14Cl2N4O. The zero-order valence-corrected chi connectivity index (χ0v) is 14.8. The third-order valence-corrected chi connectivity index (χ3v) is 4.22. The largest absolute Gasteiger partial charge is 0.272 e. The summed E-state index contributed by atoms with van der Waals surface area (Å²) in [5, 5.41) is 9.16. The van der Waals surface area contributed by atoms with Gasteiger partial charge in [0.05, 0.1) is 33.7 Å². The van der Waals surface area contributed by atoms with Crippen LogP contribution in [0.2, 0.25) is 10.2 Å². The predicted molar refractivity (Wildman–Crippen MR) is 99.8 cm³/mol. The number of para-hydroxylation sites is 1. The van der Waals surface area contributed by atoms with Crippen molar-refractivity contribution in [2.75, 3.05) is 0 Å². The number of nitrogens with zero attached hydrogens (tertiary/aromatic N) is 3. The van der Waals surface area contributed by atoms with E-state index in [1.165, 1.54) is 6.21 Å². The van der Waals surface area contributed by atoms with E-state index >= 15 is 0 Å². The lowest BCUT2D eigenvalue weighted by atomic mass is 10.2. The maximum atomic E-state index is 12.1. The van der Waals surface area contributed by atoms with Gasteiger partial charge in [0, 0.05) is 0 Å². The van der Waals surface area contributed by atoms with E-state index in [1.54, 1.807) is 28.9 Å². The van der Waals surface area contributed by atoms with Crippen LogP contribution in [-0.4, -0.2) is 21.9 Å². The van der Waals surface area contributed by atoms with E-state index in [4.69, 9.17) is 23.2 Å². The van der Waals surface area contributed by atoms with Crippen molar-refractivity contribution in [2.45, 2.75) is 6.92 Å². The summed E-state index contributed by atoms with van der Waals surface area (Å²) in [7, 11) is 0. The normalized spacial score (nSPS) is 11.0. The lowest BCUT2D eigenvalue weighted by Crippen LogP contribution is -2.18. The molecule has 0 atom stereocenters. The molecule has 1 N–H and O–H groups in total. The van der Waals surface area contributed by atoms with Crippen LogP contribution in [0.4, 0.5) is 0 Å². The fraction of sp³-hybridized carbons (Fsp3) is 0.0556. The van der Waals surface area contributed by atoms with Crippen LogP contribution in [0.15, 0.2) is 59.7 Å². The van der Waals surface area contributed by atoms with E-state index in [0.717, 1.165) is 5.69 Å². The summed E-state index contributed by atoms with van der Waals surface area (Å²) in [5.41, 5.74) is 4.96. The van der Waals surface area contributed by atoms with Crippen molar-refractivity contribution in [3.63, 3.8) is 0 Å². The smallest absolute Gasteiger partial charge is 0.267 e. The average Bonchev–Trinajstić information content (AvgIpc) is 2.91. The minimum absolute atomic E-state index is 0.351. The van der Waals surface area contributed by atoms with Gasteiger partial charge in [-0.1, -0.05) is 53.5 Å². The van der Waals surface area contributed by atoms with Crippen molar-refractivity contribution in [1.29, 1.82) is 0 Å². The van der Waals surface area contributed by atoms with Gasteiger partial charge >= 0.3 is 0 Å². The lowest BCUT2D eigenvalue weighted by Gasteiger charge is -2.02. The highest BCUT2D eigenvalue weighted by atomic mass is 35.5. The van der Waals surface area contributed by atoms with Gasteiger partial charge < -0.3 is 0 Å². The van der Waals surface area contributed by atoms with Crippen molar-refractivity contribution < 1.29 is 4.79 Å². The Hall–Kier alpha value is -2.63. The van der Waals surface area contributed by atoms with Crippen LogP contribution in [-0.2, 0) is 0 Å². The van der Waals surface area contributed by atoms with Gasteiger partial charge in [0.2, 0.25) is 0 Å². The zero-order chi connectivity index (χ0) is 17.8. The van der Waals surface area contributed by atoms with Crippen LogP contribution in [0.5, 0.6) is 0 Å². The first-order chi connectivity index (χ1) is 12.1. The molecule has 0 spiro atoms. The van der Waals surface area contributed by atoms with Crippen molar-refractivity contribution in [3.8, 4) is 5.69 Å². The maximum absolute atomic E-state index is 12.1. The van der Waals surface area contributed by atoms with Crippen LogP contribution in [0.3, 0.4) is 0 Å². The number of amides is 1. The summed E-state index contributed by atoms with van der Waals surface area (Å²) in [5.74, 6) is -0.397. The van der Waals surface area contributed by atoms with Gasteiger partial charge in [-0.05, 0) is 31.2 Å². The molecule has 0 unspecified atom stereocenters. The van der Waals surface area contributed by atoms with Gasteiger partial charge in [-0.3, -0.25) is 4.79 Å². The first-order valence-electron chi connectivity index (χ1n) is 7.46. The Morgan fingerprint density at radius 2 is 1.80 bits per heavy atom. The van der Waals surface area contributed by atoms with E-state index in [2.05, 4.69) is 15.6 Å². The molecule has 1 aromatic heterocycles. The summed E-state index contributed by atoms with van der Waals surface area (Å²) >= 11 is 12.4. The Morgan fingerprint density at radius 1 is 1.12 bits per heavy atom. The van der Waals surface area contributed by atoms with Crippen molar-refractivity contribution in [3.05, 3.63) is 81.6 Å². The third-order valence-electron chi connectivity index (χ3n) is 3.53. The first-order valence-corrected chi connectivity index (χ1v) is 8.22. The molecule has 0 saturated heterocycles. The van der Waals surface area contributed by atoms with Crippen LogP contribution < -0.4 is 5.43 Å². The fourth-order valence-electron chi connectivity index (χ4n) is 2.26. The molecule has 0 aliphatic carbocycles. The number of rotatable bonds is 4. The number of aromatic nitrogens is 2. The van der Waals surface area contributed by atoms with E-state index in [0.29, 0.717) is 27.0 Å². The van der Waals surface area contributed by atoms with E-state index in [-0.39, 0.29) is 0 Å². The quantitative estimate of drug-likeness (QED) is 0.549. The summed E-state index contributed by atoms with van der Waals surface area (Å²) in [6.07, 6.45) is 1.47. The molecule has 0 bridgehead atoms. The molecule has 5 nitrogen and oxygen atoms in total. The number of hydrogen-bond acceptors (Lipinski definition) is 3. The zero-order valence-electron chi connectivity index (χ0n) is 13.3. The highest BCUT2D eigenvalue weighted by Crippen LogP contribution is 2.22. The predicted octanol–water partition coefficient (Wildman–Crippen LogP) is 4.25. The van der Waals surface area contributed by atoms with Gasteiger partial charge in [0.1, 0.15) is 5.15 Å². The van der Waals surface area contributed by atoms with E-state index in [1.807, 2.05) is 37.3 Å². The highest BCUT2D eigenvalue weighted by molar-refractivity contribution is 6.34. The maximum Gasteiger partial charge on any atom is 0.272 e. The third kappa shape index (κ3) is 3.73. The molecule has 0 radical (unpaired) electrons. The highest BCUT2D eigenvalue weighted by Gasteiger charge is 2.13. The molecule has 1 amide bonds. The van der Waals surface area contributed by atoms with E-state index in [9.17, 15) is 4.79 Å². The van der Waals surface area contributed by atoms with Gasteiger partial charge in [-0.25, -0.2) is 10.1 Å². The number of hydrogen-bond donors (Lipinski definition) is 1. The van der Waals surface area contributed by atoms with Gasteiger partial charge in [-0.2, -0.15) is 10.2 Å². The molecule has 25 heavy (non-hydrogen) atoms. The number of halogens is 2. The van der Waals surface area contributed by atoms with Crippen molar-refractivity contribution in [2.24, 2.45) is 5.10 Å². The fourth-order valence-corrected chi connectivity index (χ4v) is 2.80. The first kappa shape index (κ1) is 17.2. The SMILES string of the molecule is Cc1nn(-c2ccccc2)c(Cl)c1/C=N/NC(=O)c1ccccc1Cl. The Balaban J connectivity index is 1.80. The second kappa shape index (κ2) is 7.51. The molecule has 3 aromatic rings. The average molecular weight is 373 g/mol. The summed E-state index contributed by atoms with van der Waals surface area (Å²) in [4.78, 5) is 12.1. The minimum Gasteiger partial charge on any atom is -0.267 e. The number of nitrogens with one attached hydrogen (secondary N) is 1. The van der Waals surface area contributed by atoms with Crippen LogP contribution in [0.1, 0.15) is 21.6 Å². The lowest BCUT2D eigenvalue weighted by molar-refractivity contribution is 0.0955. The molecule has 2 aromatic carbocycles. The Kier molecular flexibility index (Phi) is 5.16. The number of hydrazone groups is 1. The van der Waals surface area contributed by atoms with Crippen LogP contribution in [0.25, 0.3) is 5.69 Å². The second-order valence-corrected chi connectivity index (χ2v) is 5.98. The molecule has 0 aliphatic heterocycles. The Morgan fingerprint density at radius 3 is 2.52 bits per heavy atom. The monoisotopic (exact) mass is 372 g/mol. The number of benzene rings is 2. The topological polar surface area (TPSA) is 59.3 Å². The molecular weight excluding hydrogens is 359 g/mol. The Bertz CT molecular complexity index is 936. The van der Waals surface area contributed by atoms with Crippen molar-refractivity contribution in [1.82, 2.24) is 15.2 Å². The van der Waals surface area contributed by atoms with Crippen LogP contribution in [0, 0.1) is 6.92 Å². The minimum atomic E-state index is -0.397.